The second kappa shape index (κ2) is 8.24. The summed E-state index contributed by atoms with van der Waals surface area (Å²) in [6, 6.07) is 3.63. The van der Waals surface area contributed by atoms with E-state index in [4.69, 9.17) is 15.2 Å². The van der Waals surface area contributed by atoms with Crippen LogP contribution in [0.25, 0.3) is 0 Å². The van der Waals surface area contributed by atoms with Crippen molar-refractivity contribution in [3.05, 3.63) is 23.3 Å². The molecule has 0 radical (unpaired) electrons. The molecule has 0 aliphatic carbocycles. The van der Waals surface area contributed by atoms with Gasteiger partial charge >= 0.3 is 6.03 Å². The first-order valence-electron chi connectivity index (χ1n) is 8.62. The molecule has 1 heterocycles. The van der Waals surface area contributed by atoms with Crippen molar-refractivity contribution in [1.29, 1.82) is 0 Å². The molecule has 1 aliphatic rings. The van der Waals surface area contributed by atoms with Crippen molar-refractivity contribution in [3.8, 4) is 11.5 Å². The number of amides is 2. The molecule has 134 valence electrons. The van der Waals surface area contributed by atoms with Gasteiger partial charge in [-0.15, -0.1) is 0 Å². The van der Waals surface area contributed by atoms with E-state index in [1.165, 1.54) is 5.56 Å². The maximum atomic E-state index is 12.6. The van der Waals surface area contributed by atoms with Gasteiger partial charge in [-0.1, -0.05) is 13.8 Å². The van der Waals surface area contributed by atoms with Gasteiger partial charge in [0.15, 0.2) is 11.5 Å². The molecule has 0 spiro atoms. The summed E-state index contributed by atoms with van der Waals surface area (Å²) in [5.74, 6) is 1.38. The summed E-state index contributed by atoms with van der Waals surface area (Å²) in [6.07, 6.45) is 2.48. The Morgan fingerprint density at radius 3 is 2.58 bits per heavy atom. The molecule has 1 aliphatic heterocycles. The molecule has 2 rings (SSSR count). The Balaban J connectivity index is 2.42. The summed E-state index contributed by atoms with van der Waals surface area (Å²) in [7, 11) is 3.25. The molecule has 1 aromatic rings. The summed E-state index contributed by atoms with van der Waals surface area (Å²) in [4.78, 5) is 14.4. The summed E-state index contributed by atoms with van der Waals surface area (Å²) >= 11 is 0. The first-order chi connectivity index (χ1) is 11.6. The number of ether oxygens (including phenoxy) is 2. The smallest absolute Gasteiger partial charge is 0.317 e. The molecular weight excluding hydrogens is 306 g/mol. The van der Waals surface area contributed by atoms with Crippen molar-refractivity contribution in [2.45, 2.75) is 45.2 Å². The third-order valence-corrected chi connectivity index (χ3v) is 4.59. The molecule has 0 saturated heterocycles. The highest BCUT2D eigenvalue weighted by molar-refractivity contribution is 5.75. The van der Waals surface area contributed by atoms with Gasteiger partial charge in [-0.3, -0.25) is 0 Å². The van der Waals surface area contributed by atoms with Crippen molar-refractivity contribution < 1.29 is 14.3 Å². The van der Waals surface area contributed by atoms with Crippen LogP contribution in [0.2, 0.25) is 0 Å². The molecule has 0 fully saturated rings. The summed E-state index contributed by atoms with van der Waals surface area (Å²) in [6.45, 7) is 5.40. The highest BCUT2D eigenvalue weighted by atomic mass is 16.5. The lowest BCUT2D eigenvalue weighted by Gasteiger charge is -2.40. The molecule has 2 amide bonds. The van der Waals surface area contributed by atoms with Gasteiger partial charge in [-0.05, 0) is 42.5 Å². The molecule has 0 saturated carbocycles. The molecular formula is C18H29N3O3. The SMILES string of the molecule is CCCNC(=O)N1CCc2cc(OC)c(OC)cc2[C@H]1[C@@H](N)CC. The normalized spacial score (nSPS) is 17.9. The minimum Gasteiger partial charge on any atom is -0.493 e. The van der Waals surface area contributed by atoms with Gasteiger partial charge < -0.3 is 25.4 Å². The van der Waals surface area contributed by atoms with Crippen LogP contribution >= 0.6 is 0 Å². The Labute approximate surface area is 144 Å². The van der Waals surface area contributed by atoms with E-state index >= 15 is 0 Å². The fraction of sp³-hybridized carbons (Fsp3) is 0.611. The molecule has 0 unspecified atom stereocenters. The number of carbonyl (C=O) groups excluding carboxylic acids is 1. The Hall–Kier alpha value is -1.95. The molecule has 0 aromatic heterocycles. The maximum Gasteiger partial charge on any atom is 0.317 e. The van der Waals surface area contributed by atoms with Crippen molar-refractivity contribution in [1.82, 2.24) is 10.2 Å². The average molecular weight is 335 g/mol. The second-order valence-corrected chi connectivity index (χ2v) is 6.10. The van der Waals surface area contributed by atoms with Gasteiger partial charge in [0.1, 0.15) is 0 Å². The third kappa shape index (κ3) is 3.59. The zero-order valence-electron chi connectivity index (χ0n) is 15.1. The molecule has 1 aromatic carbocycles. The maximum absolute atomic E-state index is 12.6. The van der Waals surface area contributed by atoms with Crippen LogP contribution in [0, 0.1) is 0 Å². The van der Waals surface area contributed by atoms with Crippen LogP contribution in [0.3, 0.4) is 0 Å². The number of urea groups is 1. The van der Waals surface area contributed by atoms with E-state index in [-0.39, 0.29) is 18.1 Å². The van der Waals surface area contributed by atoms with Crippen LogP contribution < -0.4 is 20.5 Å². The number of nitrogens with one attached hydrogen (secondary N) is 1. The van der Waals surface area contributed by atoms with Crippen molar-refractivity contribution in [3.63, 3.8) is 0 Å². The number of methoxy groups -OCH3 is 2. The Kier molecular flexibility index (Phi) is 6.31. The highest BCUT2D eigenvalue weighted by Crippen LogP contribution is 2.39. The van der Waals surface area contributed by atoms with E-state index in [1.54, 1.807) is 14.2 Å². The van der Waals surface area contributed by atoms with Crippen LogP contribution in [0.15, 0.2) is 12.1 Å². The lowest BCUT2D eigenvalue weighted by atomic mass is 9.87. The summed E-state index contributed by atoms with van der Waals surface area (Å²) in [5.41, 5.74) is 8.61. The number of fused-ring (bicyclic) bond motifs is 1. The highest BCUT2D eigenvalue weighted by Gasteiger charge is 2.35. The number of hydrogen-bond donors (Lipinski definition) is 2. The van der Waals surface area contributed by atoms with Gasteiger partial charge in [0.25, 0.3) is 0 Å². The number of hydrogen-bond acceptors (Lipinski definition) is 4. The number of nitrogens with two attached hydrogens (primary N) is 1. The van der Waals surface area contributed by atoms with E-state index in [9.17, 15) is 4.79 Å². The van der Waals surface area contributed by atoms with Crippen LogP contribution in [0.4, 0.5) is 4.79 Å². The Bertz CT molecular complexity index is 577. The van der Waals surface area contributed by atoms with Crippen LogP contribution in [0.1, 0.15) is 43.9 Å². The number of nitrogens with zero attached hydrogens (tertiary/aromatic N) is 1. The first-order valence-corrected chi connectivity index (χ1v) is 8.62. The van der Waals surface area contributed by atoms with Crippen molar-refractivity contribution in [2.75, 3.05) is 27.3 Å². The van der Waals surface area contributed by atoms with Gasteiger partial charge in [-0.25, -0.2) is 4.79 Å². The number of rotatable bonds is 6. The van der Waals surface area contributed by atoms with Gasteiger partial charge in [-0.2, -0.15) is 0 Å². The van der Waals surface area contributed by atoms with E-state index in [1.807, 2.05) is 30.9 Å². The largest absolute Gasteiger partial charge is 0.493 e. The fourth-order valence-corrected chi connectivity index (χ4v) is 3.22. The average Bonchev–Trinajstić information content (AvgIpc) is 2.62. The third-order valence-electron chi connectivity index (χ3n) is 4.59. The van der Waals surface area contributed by atoms with Crippen LogP contribution in [-0.2, 0) is 6.42 Å². The van der Waals surface area contributed by atoms with E-state index < -0.39 is 0 Å². The molecule has 2 atom stereocenters. The van der Waals surface area contributed by atoms with Gasteiger partial charge in [0.2, 0.25) is 0 Å². The van der Waals surface area contributed by atoms with E-state index in [2.05, 4.69) is 5.32 Å². The molecule has 6 heteroatoms. The lowest BCUT2D eigenvalue weighted by molar-refractivity contribution is 0.156. The molecule has 0 bridgehead atoms. The summed E-state index contributed by atoms with van der Waals surface area (Å²) in [5, 5.41) is 2.97. The zero-order valence-corrected chi connectivity index (χ0v) is 15.1. The number of carbonyl (C=O) groups is 1. The summed E-state index contributed by atoms with van der Waals surface area (Å²) < 4.78 is 10.8. The van der Waals surface area contributed by atoms with Crippen molar-refractivity contribution in [2.24, 2.45) is 5.73 Å². The quantitative estimate of drug-likeness (QED) is 0.837. The molecule has 24 heavy (non-hydrogen) atoms. The second-order valence-electron chi connectivity index (χ2n) is 6.10. The monoisotopic (exact) mass is 335 g/mol. The topological polar surface area (TPSA) is 76.8 Å². The predicted octanol–water partition coefficient (Wildman–Crippen LogP) is 2.46. The Morgan fingerprint density at radius 2 is 2.00 bits per heavy atom. The molecule has 3 N–H and O–H groups in total. The predicted molar refractivity (Wildman–Crippen MR) is 94.7 cm³/mol. The lowest BCUT2D eigenvalue weighted by Crippen LogP contribution is -2.51. The standard InChI is InChI=1S/C18H29N3O3/c1-5-8-20-18(22)21-9-7-12-10-15(23-3)16(24-4)11-13(12)17(21)14(19)6-2/h10-11,14,17H,5-9,19H2,1-4H3,(H,20,22)/t14-,17-/m0/s1. The van der Waals surface area contributed by atoms with Gasteiger partial charge in [0, 0.05) is 19.1 Å². The zero-order chi connectivity index (χ0) is 17.7. The van der Waals surface area contributed by atoms with E-state index in [0.29, 0.717) is 24.6 Å². The van der Waals surface area contributed by atoms with Crippen molar-refractivity contribution >= 4 is 6.03 Å². The van der Waals surface area contributed by atoms with Crippen LogP contribution in [-0.4, -0.2) is 44.3 Å². The van der Waals surface area contributed by atoms with Gasteiger partial charge in [0.05, 0.1) is 20.3 Å². The minimum absolute atomic E-state index is 0.0498. The fourth-order valence-electron chi connectivity index (χ4n) is 3.22. The van der Waals surface area contributed by atoms with E-state index in [0.717, 1.165) is 24.8 Å². The first kappa shape index (κ1) is 18.4. The van der Waals surface area contributed by atoms with Crippen LogP contribution in [0.5, 0.6) is 11.5 Å². The minimum atomic E-state index is -0.157. The number of benzene rings is 1. The Morgan fingerprint density at radius 1 is 1.33 bits per heavy atom. The molecule has 6 nitrogen and oxygen atoms in total.